The van der Waals surface area contributed by atoms with Gasteiger partial charge in [-0.2, -0.15) is 4.31 Å². The standard InChI is InChI=1S/C19H20IN3O2S2/c1-3-23(4-2)27(24,25)17-11-5-14(6-12-17)18-13-26-19(22-18)21-16-9-7-15(20)8-10-16/h5-13H,3-4H2,1-2H3,(H,21,22). The number of thiazole rings is 1. The van der Waals surface area contributed by atoms with Gasteiger partial charge in [-0.1, -0.05) is 26.0 Å². The third-order valence-corrected chi connectivity index (χ3v) is 7.63. The highest BCUT2D eigenvalue weighted by Crippen LogP contribution is 2.28. The number of nitrogens with zero attached hydrogens (tertiary/aromatic N) is 2. The predicted octanol–water partition coefficient (Wildman–Crippen LogP) is 5.19. The molecule has 1 heterocycles. The van der Waals surface area contributed by atoms with Crippen molar-refractivity contribution < 1.29 is 8.42 Å². The Morgan fingerprint density at radius 2 is 1.67 bits per heavy atom. The molecule has 3 rings (SSSR count). The highest BCUT2D eigenvalue weighted by molar-refractivity contribution is 14.1. The molecule has 0 saturated heterocycles. The van der Waals surface area contributed by atoms with Crippen LogP contribution < -0.4 is 5.32 Å². The van der Waals surface area contributed by atoms with E-state index in [4.69, 9.17) is 0 Å². The molecule has 142 valence electrons. The summed E-state index contributed by atoms with van der Waals surface area (Å²) >= 11 is 3.78. The molecule has 0 aliphatic heterocycles. The third kappa shape index (κ3) is 4.68. The van der Waals surface area contributed by atoms with E-state index in [0.29, 0.717) is 18.0 Å². The molecule has 27 heavy (non-hydrogen) atoms. The van der Waals surface area contributed by atoms with Gasteiger partial charge in [0.15, 0.2) is 5.13 Å². The second kappa shape index (κ2) is 8.68. The van der Waals surface area contributed by atoms with Crippen molar-refractivity contribution in [2.24, 2.45) is 0 Å². The molecule has 0 saturated carbocycles. The zero-order valence-electron chi connectivity index (χ0n) is 15.0. The molecule has 0 bridgehead atoms. The summed E-state index contributed by atoms with van der Waals surface area (Å²) in [6, 6.07) is 15.0. The Morgan fingerprint density at radius 1 is 1.04 bits per heavy atom. The lowest BCUT2D eigenvalue weighted by molar-refractivity contribution is 0.445. The summed E-state index contributed by atoms with van der Waals surface area (Å²) in [7, 11) is -3.44. The Labute approximate surface area is 177 Å². The first-order chi connectivity index (χ1) is 12.9. The summed E-state index contributed by atoms with van der Waals surface area (Å²) < 4.78 is 27.8. The number of hydrogen-bond acceptors (Lipinski definition) is 5. The molecule has 0 aliphatic rings. The molecule has 1 N–H and O–H groups in total. The lowest BCUT2D eigenvalue weighted by Gasteiger charge is -2.18. The van der Waals surface area contributed by atoms with Crippen LogP contribution in [0.15, 0.2) is 58.8 Å². The Bertz CT molecular complexity index is 996. The number of nitrogens with one attached hydrogen (secondary N) is 1. The van der Waals surface area contributed by atoms with Crippen molar-refractivity contribution in [2.75, 3.05) is 18.4 Å². The number of rotatable bonds is 7. The molecular weight excluding hydrogens is 493 g/mol. The van der Waals surface area contributed by atoms with Gasteiger partial charge in [-0.05, 0) is 59.0 Å². The maximum Gasteiger partial charge on any atom is 0.243 e. The molecule has 0 amide bonds. The largest absolute Gasteiger partial charge is 0.332 e. The van der Waals surface area contributed by atoms with Crippen LogP contribution in [0, 0.1) is 3.57 Å². The molecule has 3 aromatic rings. The highest BCUT2D eigenvalue weighted by Gasteiger charge is 2.21. The maximum atomic E-state index is 12.6. The van der Waals surface area contributed by atoms with E-state index in [9.17, 15) is 8.42 Å². The summed E-state index contributed by atoms with van der Waals surface area (Å²) in [6.45, 7) is 4.60. The van der Waals surface area contributed by atoms with Crippen LogP contribution in [0.3, 0.4) is 0 Å². The number of sulfonamides is 1. The Kier molecular flexibility index (Phi) is 6.51. The van der Waals surface area contributed by atoms with Crippen LogP contribution in [-0.2, 0) is 10.0 Å². The minimum absolute atomic E-state index is 0.308. The van der Waals surface area contributed by atoms with Gasteiger partial charge in [0.1, 0.15) is 0 Å². The zero-order chi connectivity index (χ0) is 19.4. The second-order valence-corrected chi connectivity index (χ2v) is 9.83. The maximum absolute atomic E-state index is 12.6. The van der Waals surface area contributed by atoms with E-state index in [1.54, 1.807) is 24.3 Å². The average Bonchev–Trinajstić information content (AvgIpc) is 3.13. The zero-order valence-corrected chi connectivity index (χ0v) is 18.8. The van der Waals surface area contributed by atoms with Gasteiger partial charge < -0.3 is 5.32 Å². The van der Waals surface area contributed by atoms with Crippen LogP contribution in [0.25, 0.3) is 11.3 Å². The molecule has 8 heteroatoms. The van der Waals surface area contributed by atoms with Gasteiger partial charge in [-0.3, -0.25) is 0 Å². The second-order valence-electron chi connectivity index (χ2n) is 5.78. The van der Waals surface area contributed by atoms with Gasteiger partial charge in [-0.15, -0.1) is 11.3 Å². The highest BCUT2D eigenvalue weighted by atomic mass is 127. The average molecular weight is 513 g/mol. The van der Waals surface area contributed by atoms with Crippen molar-refractivity contribution in [1.29, 1.82) is 0 Å². The van der Waals surface area contributed by atoms with E-state index < -0.39 is 10.0 Å². The number of halogens is 1. The Balaban J connectivity index is 1.78. The van der Waals surface area contributed by atoms with Crippen LogP contribution in [0.4, 0.5) is 10.8 Å². The van der Waals surface area contributed by atoms with Gasteiger partial charge in [-0.25, -0.2) is 13.4 Å². The first-order valence-corrected chi connectivity index (χ1v) is 11.9. The van der Waals surface area contributed by atoms with Crippen molar-refractivity contribution in [3.05, 3.63) is 57.5 Å². The van der Waals surface area contributed by atoms with Crippen LogP contribution in [-0.4, -0.2) is 30.8 Å². The molecule has 0 unspecified atom stereocenters. The normalized spacial score (nSPS) is 11.7. The van der Waals surface area contributed by atoms with E-state index in [1.165, 1.54) is 19.2 Å². The fourth-order valence-corrected chi connectivity index (χ4v) is 5.19. The molecular formula is C19H20IN3O2S2. The van der Waals surface area contributed by atoms with E-state index in [-0.39, 0.29) is 0 Å². The van der Waals surface area contributed by atoms with Crippen LogP contribution >= 0.6 is 33.9 Å². The van der Waals surface area contributed by atoms with Crippen LogP contribution in [0.1, 0.15) is 13.8 Å². The van der Waals surface area contributed by atoms with Crippen LogP contribution in [0.2, 0.25) is 0 Å². The quantitative estimate of drug-likeness (QED) is 0.442. The molecule has 0 spiro atoms. The Hall–Kier alpha value is -1.49. The lowest BCUT2D eigenvalue weighted by atomic mass is 10.2. The monoisotopic (exact) mass is 513 g/mol. The number of aromatic nitrogens is 1. The molecule has 0 fully saturated rings. The number of hydrogen-bond donors (Lipinski definition) is 1. The number of anilines is 2. The summed E-state index contributed by atoms with van der Waals surface area (Å²) in [4.78, 5) is 4.91. The van der Waals surface area contributed by atoms with Crippen LogP contribution in [0.5, 0.6) is 0 Å². The third-order valence-electron chi connectivity index (χ3n) is 4.09. The van der Waals surface area contributed by atoms with E-state index in [1.807, 2.05) is 43.5 Å². The minimum Gasteiger partial charge on any atom is -0.332 e. The summed E-state index contributed by atoms with van der Waals surface area (Å²) in [5.41, 5.74) is 2.69. The first kappa shape index (κ1) is 20.2. The lowest BCUT2D eigenvalue weighted by Crippen LogP contribution is -2.30. The molecule has 0 atom stereocenters. The topological polar surface area (TPSA) is 62.3 Å². The van der Waals surface area contributed by atoms with Gasteiger partial charge in [0.05, 0.1) is 10.6 Å². The van der Waals surface area contributed by atoms with Gasteiger partial charge in [0.25, 0.3) is 0 Å². The minimum atomic E-state index is -3.44. The van der Waals surface area contributed by atoms with E-state index >= 15 is 0 Å². The van der Waals surface area contributed by atoms with Crippen molar-refractivity contribution in [3.8, 4) is 11.3 Å². The summed E-state index contributed by atoms with van der Waals surface area (Å²) in [5.74, 6) is 0. The number of benzene rings is 2. The molecule has 2 aromatic carbocycles. The first-order valence-electron chi connectivity index (χ1n) is 8.52. The SMILES string of the molecule is CCN(CC)S(=O)(=O)c1ccc(-c2csc(Nc3ccc(I)cc3)n2)cc1. The van der Waals surface area contributed by atoms with Crippen molar-refractivity contribution in [2.45, 2.75) is 18.7 Å². The predicted molar refractivity (Wildman–Crippen MR) is 120 cm³/mol. The van der Waals surface area contributed by atoms with E-state index in [0.717, 1.165) is 22.1 Å². The van der Waals surface area contributed by atoms with E-state index in [2.05, 4.69) is 32.9 Å². The van der Waals surface area contributed by atoms with Gasteiger partial charge >= 0.3 is 0 Å². The summed E-state index contributed by atoms with van der Waals surface area (Å²) in [6.07, 6.45) is 0. The molecule has 0 aliphatic carbocycles. The van der Waals surface area contributed by atoms with Gasteiger partial charge in [0, 0.05) is 33.3 Å². The van der Waals surface area contributed by atoms with Crippen molar-refractivity contribution in [1.82, 2.24) is 9.29 Å². The molecule has 0 radical (unpaired) electrons. The molecule has 1 aromatic heterocycles. The van der Waals surface area contributed by atoms with Crippen molar-refractivity contribution in [3.63, 3.8) is 0 Å². The van der Waals surface area contributed by atoms with Crippen molar-refractivity contribution >= 4 is 54.8 Å². The fraction of sp³-hybridized carbons (Fsp3) is 0.211. The summed E-state index contributed by atoms with van der Waals surface area (Å²) in [5, 5.41) is 6.05. The Morgan fingerprint density at radius 3 is 2.26 bits per heavy atom. The fourth-order valence-electron chi connectivity index (χ4n) is 2.63. The van der Waals surface area contributed by atoms with Gasteiger partial charge in [0.2, 0.25) is 10.0 Å². The smallest absolute Gasteiger partial charge is 0.243 e. The molecule has 5 nitrogen and oxygen atoms in total.